The number of hydrogen-bond donors (Lipinski definition) is 0. The van der Waals surface area contributed by atoms with Crippen LogP contribution in [0.4, 0.5) is 5.69 Å². The van der Waals surface area contributed by atoms with Crippen LogP contribution >= 0.6 is 0 Å². The number of rotatable bonds is 5. The number of benzene rings is 3. The van der Waals surface area contributed by atoms with Gasteiger partial charge in [-0.1, -0.05) is 36.4 Å². The molecule has 4 aromatic rings. The number of carbonyl (C=O) groups excluding carboxylic acids is 1. The van der Waals surface area contributed by atoms with Crippen molar-refractivity contribution in [2.45, 2.75) is 13.0 Å². The summed E-state index contributed by atoms with van der Waals surface area (Å²) in [6.45, 7) is 3.07. The summed E-state index contributed by atoms with van der Waals surface area (Å²) in [6.07, 6.45) is 0.849. The molecule has 170 valence electrons. The third kappa shape index (κ3) is 4.46. The van der Waals surface area contributed by atoms with Crippen molar-refractivity contribution in [3.05, 3.63) is 95.7 Å². The van der Waals surface area contributed by atoms with Gasteiger partial charge in [-0.3, -0.25) is 4.79 Å². The minimum Gasteiger partial charge on any atom is -0.489 e. The number of ether oxygens (including phenoxy) is 1. The van der Waals surface area contributed by atoms with Crippen molar-refractivity contribution in [3.8, 4) is 11.8 Å². The second-order valence-electron chi connectivity index (χ2n) is 8.30. The maximum atomic E-state index is 13.6. The molecule has 6 nitrogen and oxygen atoms in total. The van der Waals surface area contributed by atoms with Crippen molar-refractivity contribution in [1.82, 2.24) is 4.90 Å². The summed E-state index contributed by atoms with van der Waals surface area (Å²) < 4.78 is 12.1. The Morgan fingerprint density at radius 3 is 2.47 bits per heavy atom. The summed E-state index contributed by atoms with van der Waals surface area (Å²) in [4.78, 5) is 17.7. The van der Waals surface area contributed by atoms with Gasteiger partial charge in [-0.25, -0.2) is 0 Å². The molecule has 0 radical (unpaired) electrons. The van der Waals surface area contributed by atoms with E-state index in [9.17, 15) is 4.79 Å². The lowest BCUT2D eigenvalue weighted by Gasteiger charge is -2.23. The topological polar surface area (TPSA) is 69.7 Å². The molecule has 1 fully saturated rings. The zero-order chi connectivity index (χ0) is 23.3. The lowest BCUT2D eigenvalue weighted by molar-refractivity contribution is 0.0733. The van der Waals surface area contributed by atoms with Crippen molar-refractivity contribution >= 4 is 22.6 Å². The van der Waals surface area contributed by atoms with Gasteiger partial charge in [0.2, 0.25) is 0 Å². The van der Waals surface area contributed by atoms with Gasteiger partial charge in [0.25, 0.3) is 5.91 Å². The molecule has 5 rings (SSSR count). The molecule has 0 unspecified atom stereocenters. The highest BCUT2D eigenvalue weighted by Crippen LogP contribution is 2.29. The van der Waals surface area contributed by atoms with E-state index in [2.05, 4.69) is 11.0 Å². The predicted molar refractivity (Wildman–Crippen MR) is 131 cm³/mol. The zero-order valence-corrected chi connectivity index (χ0v) is 18.8. The average molecular weight is 452 g/mol. The first-order chi connectivity index (χ1) is 16.7. The van der Waals surface area contributed by atoms with E-state index in [1.165, 1.54) is 0 Å². The lowest BCUT2D eigenvalue weighted by Crippen LogP contribution is -2.35. The summed E-state index contributed by atoms with van der Waals surface area (Å²) >= 11 is 0. The van der Waals surface area contributed by atoms with Gasteiger partial charge in [0, 0.05) is 42.8 Å². The fourth-order valence-corrected chi connectivity index (χ4v) is 4.36. The minimum absolute atomic E-state index is 0.107. The maximum absolute atomic E-state index is 13.6. The van der Waals surface area contributed by atoms with Crippen LogP contribution < -0.4 is 9.64 Å². The molecule has 0 atom stereocenters. The van der Waals surface area contributed by atoms with E-state index in [4.69, 9.17) is 14.4 Å². The predicted octanol–water partition coefficient (Wildman–Crippen LogP) is 5.24. The molecule has 3 aromatic carbocycles. The number of amides is 1. The van der Waals surface area contributed by atoms with Crippen LogP contribution in [-0.2, 0) is 6.61 Å². The molecule has 0 bridgehead atoms. The van der Waals surface area contributed by atoms with Gasteiger partial charge < -0.3 is 19.0 Å². The number of carbonyl (C=O) groups is 1. The van der Waals surface area contributed by atoms with Crippen LogP contribution in [0.15, 0.2) is 83.3 Å². The van der Waals surface area contributed by atoms with Crippen molar-refractivity contribution in [2.24, 2.45) is 0 Å². The number of nitrogens with zero attached hydrogens (tertiary/aromatic N) is 3. The van der Waals surface area contributed by atoms with Crippen LogP contribution in [0.5, 0.6) is 5.75 Å². The van der Waals surface area contributed by atoms with Gasteiger partial charge >= 0.3 is 0 Å². The molecule has 0 aliphatic carbocycles. The molecule has 1 aliphatic rings. The van der Waals surface area contributed by atoms with Gasteiger partial charge in [-0.2, -0.15) is 5.26 Å². The smallest absolute Gasteiger partial charge is 0.290 e. The molecule has 6 heteroatoms. The summed E-state index contributed by atoms with van der Waals surface area (Å²) in [7, 11) is 0. The Morgan fingerprint density at radius 1 is 0.912 bits per heavy atom. The standard InChI is InChI=1S/C28H25N3O3/c29-19-21-11-13-22(14-12-21)30-15-6-16-31(18-17-30)28(32)27-25(20-33-23-7-2-1-3-8-23)24-9-4-5-10-26(24)34-27/h1-5,7-14H,6,15-18,20H2. The third-order valence-corrected chi connectivity index (χ3v) is 6.16. The highest BCUT2D eigenvalue weighted by atomic mass is 16.5. The Kier molecular flexibility index (Phi) is 6.17. The van der Waals surface area contributed by atoms with E-state index >= 15 is 0 Å². The molecule has 0 saturated carbocycles. The fraction of sp³-hybridized carbons (Fsp3) is 0.214. The fourth-order valence-electron chi connectivity index (χ4n) is 4.36. The van der Waals surface area contributed by atoms with Gasteiger partial charge in [0.05, 0.1) is 11.6 Å². The van der Waals surface area contributed by atoms with Gasteiger partial charge in [0.15, 0.2) is 5.76 Å². The van der Waals surface area contributed by atoms with Gasteiger partial charge in [-0.15, -0.1) is 0 Å². The van der Waals surface area contributed by atoms with Crippen LogP contribution in [0.3, 0.4) is 0 Å². The summed E-state index contributed by atoms with van der Waals surface area (Å²) in [5, 5.41) is 9.94. The molecule has 1 aromatic heterocycles. The summed E-state index contributed by atoms with van der Waals surface area (Å²) in [5.41, 5.74) is 3.17. The van der Waals surface area contributed by atoms with Crippen LogP contribution in [0, 0.1) is 11.3 Å². The molecular weight excluding hydrogens is 426 g/mol. The zero-order valence-electron chi connectivity index (χ0n) is 18.8. The van der Waals surface area contributed by atoms with Crippen LogP contribution in [0.25, 0.3) is 11.0 Å². The van der Waals surface area contributed by atoms with E-state index in [1.54, 1.807) is 0 Å². The van der Waals surface area contributed by atoms with E-state index in [0.29, 0.717) is 36.5 Å². The summed E-state index contributed by atoms with van der Waals surface area (Å²) in [6, 6.07) is 27.0. The molecule has 1 aliphatic heterocycles. The van der Waals surface area contributed by atoms with Crippen LogP contribution in [-0.4, -0.2) is 37.0 Å². The van der Waals surface area contributed by atoms with Crippen LogP contribution in [0.2, 0.25) is 0 Å². The van der Waals surface area contributed by atoms with E-state index in [0.717, 1.165) is 35.4 Å². The molecule has 2 heterocycles. The second kappa shape index (κ2) is 9.72. The van der Waals surface area contributed by atoms with Crippen molar-refractivity contribution < 1.29 is 13.9 Å². The molecule has 1 amide bonds. The quantitative estimate of drug-likeness (QED) is 0.415. The minimum atomic E-state index is -0.107. The Labute approximate surface area is 198 Å². The number of nitriles is 1. The van der Waals surface area contributed by atoms with Gasteiger partial charge in [0.1, 0.15) is 17.9 Å². The van der Waals surface area contributed by atoms with E-state index in [1.807, 2.05) is 83.8 Å². The first kappa shape index (κ1) is 21.6. The molecular formula is C28H25N3O3. The number of furan rings is 1. The first-order valence-electron chi connectivity index (χ1n) is 11.5. The number of hydrogen-bond acceptors (Lipinski definition) is 5. The van der Waals surface area contributed by atoms with E-state index in [-0.39, 0.29) is 12.5 Å². The number of fused-ring (bicyclic) bond motifs is 1. The highest BCUT2D eigenvalue weighted by Gasteiger charge is 2.27. The lowest BCUT2D eigenvalue weighted by atomic mass is 10.1. The monoisotopic (exact) mass is 451 g/mol. The Hall–Kier alpha value is -4.24. The SMILES string of the molecule is N#Cc1ccc(N2CCCN(C(=O)c3oc4ccccc4c3COc3ccccc3)CC2)cc1. The Balaban J connectivity index is 1.35. The molecule has 34 heavy (non-hydrogen) atoms. The molecule has 0 spiro atoms. The maximum Gasteiger partial charge on any atom is 0.290 e. The van der Waals surface area contributed by atoms with Crippen molar-refractivity contribution in [1.29, 1.82) is 5.26 Å². The first-order valence-corrected chi connectivity index (χ1v) is 11.5. The van der Waals surface area contributed by atoms with Crippen LogP contribution in [0.1, 0.15) is 28.1 Å². The number of para-hydroxylation sites is 2. The third-order valence-electron chi connectivity index (χ3n) is 6.16. The largest absolute Gasteiger partial charge is 0.489 e. The number of anilines is 1. The Bertz CT molecular complexity index is 1320. The van der Waals surface area contributed by atoms with Gasteiger partial charge in [-0.05, 0) is 48.9 Å². The van der Waals surface area contributed by atoms with Crippen molar-refractivity contribution in [2.75, 3.05) is 31.1 Å². The molecule has 0 N–H and O–H groups in total. The summed E-state index contributed by atoms with van der Waals surface area (Å²) in [5.74, 6) is 0.993. The highest BCUT2D eigenvalue weighted by molar-refractivity contribution is 5.99. The normalized spacial score (nSPS) is 14.0. The van der Waals surface area contributed by atoms with E-state index < -0.39 is 0 Å². The Morgan fingerprint density at radius 2 is 1.68 bits per heavy atom. The second-order valence-corrected chi connectivity index (χ2v) is 8.30. The van der Waals surface area contributed by atoms with Crippen molar-refractivity contribution in [3.63, 3.8) is 0 Å². The molecule has 1 saturated heterocycles. The average Bonchev–Trinajstić information content (AvgIpc) is 3.08.